The van der Waals surface area contributed by atoms with Gasteiger partial charge in [-0.05, 0) is 37.5 Å². The lowest BCUT2D eigenvalue weighted by Gasteiger charge is -2.17. The number of carbonyl (C=O) groups excluding carboxylic acids is 1. The molecule has 0 saturated heterocycles. The van der Waals surface area contributed by atoms with Crippen molar-refractivity contribution < 1.29 is 9.18 Å². The van der Waals surface area contributed by atoms with Crippen LogP contribution in [0.2, 0.25) is 0 Å². The van der Waals surface area contributed by atoms with Crippen LogP contribution in [0.3, 0.4) is 0 Å². The lowest BCUT2D eigenvalue weighted by molar-refractivity contribution is -0.120. The monoisotopic (exact) mass is 329 g/mol. The Morgan fingerprint density at radius 1 is 1.38 bits per heavy atom. The molecule has 1 amide bonds. The zero-order valence-corrected chi connectivity index (χ0v) is 14.1. The highest BCUT2D eigenvalue weighted by Crippen LogP contribution is 2.31. The molecule has 0 bridgehead atoms. The molecule has 1 heterocycles. The third-order valence-electron chi connectivity index (χ3n) is 4.67. The fourth-order valence-electron chi connectivity index (χ4n) is 3.55. The third-order valence-corrected chi connectivity index (χ3v) is 4.67. The van der Waals surface area contributed by atoms with E-state index in [1.54, 1.807) is 12.1 Å². The average Bonchev–Trinajstić information content (AvgIpc) is 3.17. The minimum Gasteiger partial charge on any atom is -0.355 e. The fraction of sp³-hybridized carbons (Fsp3) is 0.474. The Morgan fingerprint density at radius 2 is 2.17 bits per heavy atom. The van der Waals surface area contributed by atoms with Gasteiger partial charge >= 0.3 is 0 Å². The number of halogens is 1. The van der Waals surface area contributed by atoms with Gasteiger partial charge in [0.25, 0.3) is 0 Å². The van der Waals surface area contributed by atoms with Crippen LogP contribution in [0.25, 0.3) is 0 Å². The number of aryl methyl sites for hydroxylation is 1. The van der Waals surface area contributed by atoms with Crippen molar-refractivity contribution in [3.05, 3.63) is 53.4 Å². The molecule has 1 aromatic heterocycles. The minimum atomic E-state index is -0.311. The summed E-state index contributed by atoms with van der Waals surface area (Å²) in [5.74, 6) is 0.649. The summed E-state index contributed by atoms with van der Waals surface area (Å²) >= 11 is 0. The molecule has 1 N–H and O–H groups in total. The Labute approximate surface area is 142 Å². The van der Waals surface area contributed by atoms with Crippen LogP contribution in [-0.2, 0) is 17.6 Å². The van der Waals surface area contributed by atoms with Crippen LogP contribution in [0.1, 0.15) is 48.8 Å². The van der Waals surface area contributed by atoms with Crippen LogP contribution in [0.15, 0.2) is 30.5 Å². The number of benzene rings is 1. The van der Waals surface area contributed by atoms with Crippen molar-refractivity contribution in [2.45, 2.75) is 51.5 Å². The summed E-state index contributed by atoms with van der Waals surface area (Å²) in [5, 5.41) is 2.91. The van der Waals surface area contributed by atoms with Gasteiger partial charge < -0.3 is 9.88 Å². The molecule has 4 nitrogen and oxygen atoms in total. The summed E-state index contributed by atoms with van der Waals surface area (Å²) in [5.41, 5.74) is 1.89. The maximum absolute atomic E-state index is 13.1. The van der Waals surface area contributed by atoms with Gasteiger partial charge in [0, 0.05) is 30.9 Å². The molecule has 0 radical (unpaired) electrons. The molecule has 0 unspecified atom stereocenters. The number of carbonyl (C=O) groups is 1. The van der Waals surface area contributed by atoms with E-state index in [0.29, 0.717) is 18.2 Å². The quantitative estimate of drug-likeness (QED) is 0.883. The topological polar surface area (TPSA) is 46.9 Å². The summed E-state index contributed by atoms with van der Waals surface area (Å²) in [6, 6.07) is 6.73. The maximum atomic E-state index is 13.1. The van der Waals surface area contributed by atoms with Crippen LogP contribution in [-0.4, -0.2) is 22.0 Å². The van der Waals surface area contributed by atoms with Crippen molar-refractivity contribution in [3.8, 4) is 0 Å². The van der Waals surface area contributed by atoms with Crippen molar-refractivity contribution in [2.75, 3.05) is 6.54 Å². The number of hydrogen-bond acceptors (Lipinski definition) is 2. The van der Waals surface area contributed by atoms with Gasteiger partial charge in [-0.1, -0.05) is 25.0 Å². The van der Waals surface area contributed by atoms with E-state index in [4.69, 9.17) is 0 Å². The lowest BCUT2D eigenvalue weighted by atomic mass is 10.1. The number of amides is 1. The van der Waals surface area contributed by atoms with Gasteiger partial charge in [0.15, 0.2) is 0 Å². The number of imidazole rings is 1. The third kappa shape index (κ3) is 4.02. The van der Waals surface area contributed by atoms with Crippen molar-refractivity contribution in [1.82, 2.24) is 14.9 Å². The number of aromatic nitrogens is 2. The number of nitrogens with zero attached hydrogens (tertiary/aromatic N) is 2. The molecular formula is C19H24FN3O. The zero-order chi connectivity index (χ0) is 16.9. The molecule has 3 rings (SSSR count). The molecule has 1 aliphatic rings. The summed E-state index contributed by atoms with van der Waals surface area (Å²) in [7, 11) is 0. The van der Waals surface area contributed by atoms with E-state index < -0.39 is 0 Å². The predicted molar refractivity (Wildman–Crippen MR) is 91.3 cm³/mol. The Morgan fingerprint density at radius 3 is 2.92 bits per heavy atom. The van der Waals surface area contributed by atoms with Crippen molar-refractivity contribution in [2.24, 2.45) is 0 Å². The predicted octanol–water partition coefficient (Wildman–Crippen LogP) is 3.35. The highest BCUT2D eigenvalue weighted by atomic mass is 19.1. The van der Waals surface area contributed by atoms with Gasteiger partial charge in [-0.2, -0.15) is 0 Å². The van der Waals surface area contributed by atoms with Gasteiger partial charge in [-0.25, -0.2) is 9.37 Å². The second-order valence-electron chi connectivity index (χ2n) is 6.53. The van der Waals surface area contributed by atoms with Gasteiger partial charge in [0.1, 0.15) is 11.6 Å². The van der Waals surface area contributed by atoms with Gasteiger partial charge in [-0.3, -0.25) is 4.79 Å². The van der Waals surface area contributed by atoms with E-state index in [9.17, 15) is 9.18 Å². The molecular weight excluding hydrogens is 305 g/mol. The zero-order valence-electron chi connectivity index (χ0n) is 14.1. The molecule has 24 heavy (non-hydrogen) atoms. The highest BCUT2D eigenvalue weighted by Gasteiger charge is 2.21. The molecule has 1 fully saturated rings. The minimum absolute atomic E-state index is 0.0868. The van der Waals surface area contributed by atoms with Crippen molar-refractivity contribution in [3.63, 3.8) is 0 Å². The largest absolute Gasteiger partial charge is 0.355 e. The van der Waals surface area contributed by atoms with Crippen molar-refractivity contribution in [1.29, 1.82) is 0 Å². The van der Waals surface area contributed by atoms with Crippen LogP contribution in [0, 0.1) is 12.7 Å². The summed E-state index contributed by atoms with van der Waals surface area (Å²) in [6.45, 7) is 2.65. The van der Waals surface area contributed by atoms with Gasteiger partial charge in [0.2, 0.25) is 5.91 Å². The SMILES string of the molecule is Cc1cnc(CCNC(=O)Cc2cccc(F)c2)n1C1CCCC1. The van der Waals surface area contributed by atoms with Crippen LogP contribution >= 0.6 is 0 Å². The first-order chi connectivity index (χ1) is 11.6. The second kappa shape index (κ2) is 7.60. The molecule has 1 saturated carbocycles. The normalized spacial score (nSPS) is 14.9. The molecule has 1 aromatic carbocycles. The van der Waals surface area contributed by atoms with E-state index in [2.05, 4.69) is 21.8 Å². The number of nitrogens with one attached hydrogen (secondary N) is 1. The molecule has 0 atom stereocenters. The molecule has 0 aliphatic heterocycles. The lowest BCUT2D eigenvalue weighted by Crippen LogP contribution is -2.28. The summed E-state index contributed by atoms with van der Waals surface area (Å²) < 4.78 is 15.5. The number of rotatable bonds is 6. The van der Waals surface area contributed by atoms with E-state index in [0.717, 1.165) is 12.2 Å². The second-order valence-corrected chi connectivity index (χ2v) is 6.53. The summed E-state index contributed by atoms with van der Waals surface area (Å²) in [4.78, 5) is 16.5. The average molecular weight is 329 g/mol. The highest BCUT2D eigenvalue weighted by molar-refractivity contribution is 5.78. The van der Waals surface area contributed by atoms with E-state index >= 15 is 0 Å². The molecule has 2 aromatic rings. The first-order valence-corrected chi connectivity index (χ1v) is 8.67. The van der Waals surface area contributed by atoms with Crippen LogP contribution in [0.5, 0.6) is 0 Å². The van der Waals surface area contributed by atoms with Gasteiger partial charge in [0.05, 0.1) is 6.42 Å². The standard InChI is InChI=1S/C19H24FN3O/c1-14-13-22-18(23(14)17-7-2-3-8-17)9-10-21-19(24)12-15-5-4-6-16(20)11-15/h4-6,11,13,17H,2-3,7-10,12H2,1H3,(H,21,24). The van der Waals surface area contributed by atoms with E-state index in [-0.39, 0.29) is 18.1 Å². The maximum Gasteiger partial charge on any atom is 0.224 e. The smallest absolute Gasteiger partial charge is 0.224 e. The number of hydrogen-bond donors (Lipinski definition) is 1. The molecule has 5 heteroatoms. The van der Waals surface area contributed by atoms with E-state index in [1.165, 1.54) is 43.5 Å². The molecule has 0 spiro atoms. The van der Waals surface area contributed by atoms with Crippen LogP contribution < -0.4 is 5.32 Å². The first-order valence-electron chi connectivity index (χ1n) is 8.67. The first kappa shape index (κ1) is 16.7. The van der Waals surface area contributed by atoms with Crippen molar-refractivity contribution >= 4 is 5.91 Å². The Kier molecular flexibility index (Phi) is 5.28. The molecule has 128 valence electrons. The Hall–Kier alpha value is -2.17. The Bertz CT molecular complexity index is 704. The van der Waals surface area contributed by atoms with Crippen LogP contribution in [0.4, 0.5) is 4.39 Å². The summed E-state index contributed by atoms with van der Waals surface area (Å²) in [6.07, 6.45) is 7.85. The van der Waals surface area contributed by atoms with E-state index in [1.807, 2.05) is 6.20 Å². The fourth-order valence-corrected chi connectivity index (χ4v) is 3.55. The van der Waals surface area contributed by atoms with Gasteiger partial charge in [-0.15, -0.1) is 0 Å². The Balaban J connectivity index is 1.52. The molecule has 1 aliphatic carbocycles.